The smallest absolute Gasteiger partial charge is 0.303 e. The molecule has 1 aliphatic heterocycles. The summed E-state index contributed by atoms with van der Waals surface area (Å²) < 4.78 is 11.0. The lowest BCUT2D eigenvalue weighted by Crippen LogP contribution is -2.15. The molecule has 0 aliphatic carbocycles. The molecule has 0 radical (unpaired) electrons. The molecule has 0 aromatic heterocycles. The average Bonchev–Trinajstić information content (AvgIpc) is 2.35. The first-order valence-electron chi connectivity index (χ1n) is 5.39. The van der Waals surface area contributed by atoms with Gasteiger partial charge in [-0.25, -0.2) is 0 Å². The molecule has 5 heteroatoms. The number of hydrogen-bond acceptors (Lipinski definition) is 4. The van der Waals surface area contributed by atoms with Crippen LogP contribution in [0, 0.1) is 0 Å². The molecule has 0 fully saturated rings. The molecule has 92 valence electrons. The SMILES string of the molecule is CSc1cc2c(cc1CCC(=O)O)OCCO2. The number of carbonyl (C=O) groups is 1. The normalized spacial score (nSPS) is 13.5. The summed E-state index contributed by atoms with van der Waals surface area (Å²) in [6.07, 6.45) is 2.62. The topological polar surface area (TPSA) is 55.8 Å². The number of ether oxygens (including phenoxy) is 2. The highest BCUT2D eigenvalue weighted by molar-refractivity contribution is 7.98. The van der Waals surface area contributed by atoms with E-state index in [9.17, 15) is 4.79 Å². The van der Waals surface area contributed by atoms with Gasteiger partial charge in [-0.3, -0.25) is 4.79 Å². The fourth-order valence-corrected chi connectivity index (χ4v) is 2.39. The Hall–Kier alpha value is -1.36. The van der Waals surface area contributed by atoms with E-state index in [2.05, 4.69) is 0 Å². The lowest BCUT2D eigenvalue weighted by atomic mass is 10.1. The molecule has 0 saturated carbocycles. The molecule has 4 nitrogen and oxygen atoms in total. The maximum Gasteiger partial charge on any atom is 0.303 e. The zero-order chi connectivity index (χ0) is 12.3. The van der Waals surface area contributed by atoms with Crippen LogP contribution in [0.5, 0.6) is 11.5 Å². The molecule has 0 saturated heterocycles. The van der Waals surface area contributed by atoms with Crippen LogP contribution in [0.25, 0.3) is 0 Å². The summed E-state index contributed by atoms with van der Waals surface area (Å²) in [5.74, 6) is 0.682. The van der Waals surface area contributed by atoms with Gasteiger partial charge in [-0.05, 0) is 30.4 Å². The van der Waals surface area contributed by atoms with Gasteiger partial charge >= 0.3 is 5.97 Å². The van der Waals surface area contributed by atoms with Gasteiger partial charge in [-0.2, -0.15) is 0 Å². The average molecular weight is 254 g/mol. The number of aliphatic carboxylic acids is 1. The number of rotatable bonds is 4. The van der Waals surface area contributed by atoms with Crippen molar-refractivity contribution in [1.82, 2.24) is 0 Å². The number of fused-ring (bicyclic) bond motifs is 1. The van der Waals surface area contributed by atoms with E-state index in [1.165, 1.54) is 0 Å². The van der Waals surface area contributed by atoms with Crippen molar-refractivity contribution >= 4 is 17.7 Å². The first kappa shape index (κ1) is 12.1. The molecule has 0 bridgehead atoms. The monoisotopic (exact) mass is 254 g/mol. The van der Waals surface area contributed by atoms with Crippen LogP contribution < -0.4 is 9.47 Å². The van der Waals surface area contributed by atoms with E-state index in [1.54, 1.807) is 11.8 Å². The number of carboxylic acids is 1. The Kier molecular flexibility index (Phi) is 3.78. The summed E-state index contributed by atoms with van der Waals surface area (Å²) in [6.45, 7) is 1.11. The molecule has 1 aromatic rings. The van der Waals surface area contributed by atoms with E-state index < -0.39 is 5.97 Å². The van der Waals surface area contributed by atoms with Gasteiger partial charge in [0.25, 0.3) is 0 Å². The number of benzene rings is 1. The largest absolute Gasteiger partial charge is 0.486 e. The van der Waals surface area contributed by atoms with E-state index in [0.29, 0.717) is 19.6 Å². The molecule has 1 aromatic carbocycles. The summed E-state index contributed by atoms with van der Waals surface area (Å²) in [4.78, 5) is 11.6. The molecular weight excluding hydrogens is 240 g/mol. The molecule has 0 atom stereocenters. The van der Waals surface area contributed by atoms with E-state index in [0.717, 1.165) is 22.0 Å². The van der Waals surface area contributed by atoms with Crippen LogP contribution in [-0.4, -0.2) is 30.5 Å². The maximum absolute atomic E-state index is 10.6. The second-order valence-corrected chi connectivity index (χ2v) is 4.55. The Balaban J connectivity index is 2.26. The third kappa shape index (κ3) is 2.85. The highest BCUT2D eigenvalue weighted by Gasteiger charge is 2.15. The minimum absolute atomic E-state index is 0.132. The maximum atomic E-state index is 10.6. The van der Waals surface area contributed by atoms with Gasteiger partial charge in [-0.15, -0.1) is 11.8 Å². The Morgan fingerprint density at radius 2 is 2.00 bits per heavy atom. The summed E-state index contributed by atoms with van der Waals surface area (Å²) in [5, 5.41) is 8.71. The van der Waals surface area contributed by atoms with Crippen LogP contribution in [0.4, 0.5) is 0 Å². The van der Waals surface area contributed by atoms with E-state index in [1.807, 2.05) is 18.4 Å². The summed E-state index contributed by atoms with van der Waals surface area (Å²) in [6, 6.07) is 3.82. The summed E-state index contributed by atoms with van der Waals surface area (Å²) >= 11 is 1.59. The van der Waals surface area contributed by atoms with Crippen molar-refractivity contribution in [3.8, 4) is 11.5 Å². The molecule has 0 amide bonds. The molecule has 0 unspecified atom stereocenters. The number of carboxylic acid groups (broad SMARTS) is 1. The van der Waals surface area contributed by atoms with Crippen LogP contribution in [0.15, 0.2) is 17.0 Å². The Morgan fingerprint density at radius 3 is 2.59 bits per heavy atom. The Bertz CT molecular complexity index is 431. The van der Waals surface area contributed by atoms with Crippen molar-refractivity contribution < 1.29 is 19.4 Å². The second-order valence-electron chi connectivity index (χ2n) is 3.70. The van der Waals surface area contributed by atoms with Crippen molar-refractivity contribution in [2.75, 3.05) is 19.5 Å². The quantitative estimate of drug-likeness (QED) is 0.835. The van der Waals surface area contributed by atoms with E-state index >= 15 is 0 Å². The summed E-state index contributed by atoms with van der Waals surface area (Å²) in [7, 11) is 0. The molecule has 17 heavy (non-hydrogen) atoms. The first-order chi connectivity index (χ1) is 8.20. The van der Waals surface area contributed by atoms with Crippen LogP contribution in [0.1, 0.15) is 12.0 Å². The van der Waals surface area contributed by atoms with Crippen molar-refractivity contribution in [2.45, 2.75) is 17.7 Å². The van der Waals surface area contributed by atoms with E-state index in [4.69, 9.17) is 14.6 Å². The predicted octanol–water partition coefficient (Wildman–Crippen LogP) is 2.20. The van der Waals surface area contributed by atoms with Crippen molar-refractivity contribution in [1.29, 1.82) is 0 Å². The highest BCUT2D eigenvalue weighted by Crippen LogP contribution is 2.36. The fourth-order valence-electron chi connectivity index (χ4n) is 1.74. The molecule has 1 aliphatic rings. The second kappa shape index (κ2) is 5.31. The van der Waals surface area contributed by atoms with Crippen LogP contribution in [0.2, 0.25) is 0 Å². The number of hydrogen-bond donors (Lipinski definition) is 1. The van der Waals surface area contributed by atoms with Crippen LogP contribution >= 0.6 is 11.8 Å². The lowest BCUT2D eigenvalue weighted by molar-refractivity contribution is -0.136. The van der Waals surface area contributed by atoms with Crippen LogP contribution in [0.3, 0.4) is 0 Å². The minimum Gasteiger partial charge on any atom is -0.486 e. The van der Waals surface area contributed by atoms with Gasteiger partial charge in [0.1, 0.15) is 13.2 Å². The first-order valence-corrected chi connectivity index (χ1v) is 6.61. The fraction of sp³-hybridized carbons (Fsp3) is 0.417. The summed E-state index contributed by atoms with van der Waals surface area (Å²) in [5.41, 5.74) is 1.00. The molecule has 0 spiro atoms. The van der Waals surface area contributed by atoms with Gasteiger partial charge < -0.3 is 14.6 Å². The van der Waals surface area contributed by atoms with E-state index in [-0.39, 0.29) is 6.42 Å². The predicted molar refractivity (Wildman–Crippen MR) is 65.2 cm³/mol. The zero-order valence-corrected chi connectivity index (χ0v) is 10.4. The Labute approximate surface area is 104 Å². The molecule has 1 N–H and O–H groups in total. The van der Waals surface area contributed by atoms with Crippen molar-refractivity contribution in [2.24, 2.45) is 0 Å². The van der Waals surface area contributed by atoms with Gasteiger partial charge in [0.05, 0.1) is 0 Å². The number of thioether (sulfide) groups is 1. The van der Waals surface area contributed by atoms with Crippen molar-refractivity contribution in [3.63, 3.8) is 0 Å². The Morgan fingerprint density at radius 1 is 1.35 bits per heavy atom. The zero-order valence-electron chi connectivity index (χ0n) is 9.56. The third-order valence-electron chi connectivity index (χ3n) is 2.55. The lowest BCUT2D eigenvalue weighted by Gasteiger charge is -2.20. The van der Waals surface area contributed by atoms with Crippen LogP contribution in [-0.2, 0) is 11.2 Å². The van der Waals surface area contributed by atoms with Gasteiger partial charge in [-0.1, -0.05) is 0 Å². The highest BCUT2D eigenvalue weighted by atomic mass is 32.2. The van der Waals surface area contributed by atoms with Crippen molar-refractivity contribution in [3.05, 3.63) is 17.7 Å². The number of aryl methyl sites for hydroxylation is 1. The van der Waals surface area contributed by atoms with Gasteiger partial charge in [0.15, 0.2) is 11.5 Å². The van der Waals surface area contributed by atoms with Gasteiger partial charge in [0, 0.05) is 11.3 Å². The minimum atomic E-state index is -0.785. The molecule has 1 heterocycles. The third-order valence-corrected chi connectivity index (χ3v) is 3.37. The molecule has 2 rings (SSSR count). The van der Waals surface area contributed by atoms with Gasteiger partial charge in [0.2, 0.25) is 0 Å². The molecular formula is C12H14O4S. The standard InChI is InChI=1S/C12H14O4S/c1-17-11-7-10-9(15-4-5-16-10)6-8(11)2-3-12(13)14/h6-7H,2-5H2,1H3,(H,13,14).